The number of ether oxygens (including phenoxy) is 1. The summed E-state index contributed by atoms with van der Waals surface area (Å²) < 4.78 is 7.45. The summed E-state index contributed by atoms with van der Waals surface area (Å²) in [4.78, 5) is 23.6. The molecule has 0 fully saturated rings. The third-order valence-electron chi connectivity index (χ3n) is 4.50. The van der Waals surface area contributed by atoms with Crippen LogP contribution in [0.5, 0.6) is 11.6 Å². The number of nitrogens with zero attached hydrogens (tertiary/aromatic N) is 3. The highest BCUT2D eigenvalue weighted by atomic mass is 16.6. The van der Waals surface area contributed by atoms with Gasteiger partial charge in [-0.3, -0.25) is 14.9 Å². The number of benzene rings is 2. The Labute approximate surface area is 174 Å². The third kappa shape index (κ3) is 4.48. The highest BCUT2D eigenvalue weighted by molar-refractivity contribution is 5.94. The fourth-order valence-electron chi connectivity index (χ4n) is 2.86. The molecule has 0 saturated heterocycles. The number of nitro benzene ring substituents is 1. The summed E-state index contributed by atoms with van der Waals surface area (Å²) in [6.45, 7) is 8.19. The van der Waals surface area contributed by atoms with Gasteiger partial charge in [0, 0.05) is 18.2 Å². The molecule has 3 rings (SSSR count). The Balaban J connectivity index is 2.09. The summed E-state index contributed by atoms with van der Waals surface area (Å²) in [6.07, 6.45) is 0. The maximum atomic E-state index is 12.7. The van der Waals surface area contributed by atoms with Crippen molar-refractivity contribution in [2.75, 3.05) is 6.54 Å². The molecule has 0 saturated carbocycles. The van der Waals surface area contributed by atoms with Gasteiger partial charge in [-0.15, -0.1) is 0 Å². The minimum absolute atomic E-state index is 0.0769. The van der Waals surface area contributed by atoms with Crippen molar-refractivity contribution in [3.63, 3.8) is 0 Å². The topological polar surface area (TPSA) is 99.3 Å². The van der Waals surface area contributed by atoms with Crippen LogP contribution in [0.4, 0.5) is 5.69 Å². The summed E-state index contributed by atoms with van der Waals surface area (Å²) in [7, 11) is 0. The van der Waals surface area contributed by atoms with E-state index in [-0.39, 0.29) is 34.8 Å². The Bertz CT molecular complexity index is 1070. The fraction of sp³-hybridized carbons (Fsp3) is 0.273. The van der Waals surface area contributed by atoms with Gasteiger partial charge in [0.05, 0.1) is 10.6 Å². The molecule has 0 aliphatic heterocycles. The smallest absolute Gasteiger partial charge is 0.311 e. The van der Waals surface area contributed by atoms with E-state index in [1.165, 1.54) is 16.8 Å². The summed E-state index contributed by atoms with van der Waals surface area (Å²) in [5, 5.41) is 18.7. The molecule has 1 aromatic heterocycles. The van der Waals surface area contributed by atoms with Crippen molar-refractivity contribution in [2.45, 2.75) is 27.7 Å². The van der Waals surface area contributed by atoms with Crippen LogP contribution in [0.1, 0.15) is 35.5 Å². The Hall–Kier alpha value is -3.68. The van der Waals surface area contributed by atoms with Crippen LogP contribution in [0.2, 0.25) is 0 Å². The predicted octanol–water partition coefficient (Wildman–Crippen LogP) is 4.58. The van der Waals surface area contributed by atoms with E-state index in [0.29, 0.717) is 17.8 Å². The van der Waals surface area contributed by atoms with Gasteiger partial charge in [-0.1, -0.05) is 43.7 Å². The maximum Gasteiger partial charge on any atom is 0.311 e. The summed E-state index contributed by atoms with van der Waals surface area (Å²) in [5.41, 5.74) is 2.29. The second-order valence-electron chi connectivity index (χ2n) is 7.46. The first kappa shape index (κ1) is 21.0. The predicted molar refractivity (Wildman–Crippen MR) is 113 cm³/mol. The van der Waals surface area contributed by atoms with Crippen LogP contribution in [-0.2, 0) is 0 Å². The molecule has 30 heavy (non-hydrogen) atoms. The summed E-state index contributed by atoms with van der Waals surface area (Å²) in [5.74, 6) is 0.298. The highest BCUT2D eigenvalue weighted by Crippen LogP contribution is 2.35. The molecular weight excluding hydrogens is 384 g/mol. The quantitative estimate of drug-likeness (QED) is 0.456. The molecule has 0 unspecified atom stereocenters. The van der Waals surface area contributed by atoms with Crippen LogP contribution < -0.4 is 10.1 Å². The van der Waals surface area contributed by atoms with Gasteiger partial charge >= 0.3 is 5.69 Å². The lowest BCUT2D eigenvalue weighted by atomic mass is 10.2. The van der Waals surface area contributed by atoms with E-state index >= 15 is 0 Å². The average molecular weight is 408 g/mol. The van der Waals surface area contributed by atoms with E-state index in [1.54, 1.807) is 19.1 Å². The van der Waals surface area contributed by atoms with Crippen molar-refractivity contribution in [3.8, 4) is 17.3 Å². The van der Waals surface area contributed by atoms with Gasteiger partial charge in [-0.2, -0.15) is 9.78 Å². The van der Waals surface area contributed by atoms with E-state index in [1.807, 2.05) is 45.0 Å². The van der Waals surface area contributed by atoms with Gasteiger partial charge in [0.25, 0.3) is 5.91 Å². The van der Waals surface area contributed by atoms with Crippen LogP contribution in [0, 0.1) is 29.9 Å². The number of para-hydroxylation sites is 2. The molecule has 0 atom stereocenters. The molecule has 0 bridgehead atoms. The molecule has 8 nitrogen and oxygen atoms in total. The Morgan fingerprint density at radius 1 is 1.17 bits per heavy atom. The molecular formula is C22H24N4O4. The van der Waals surface area contributed by atoms with Gasteiger partial charge in [-0.05, 0) is 38.0 Å². The minimum Gasteiger partial charge on any atom is -0.431 e. The van der Waals surface area contributed by atoms with E-state index in [2.05, 4.69) is 10.4 Å². The summed E-state index contributed by atoms with van der Waals surface area (Å²) in [6, 6.07) is 13.6. The van der Waals surface area contributed by atoms with Crippen LogP contribution in [-0.4, -0.2) is 27.2 Å². The van der Waals surface area contributed by atoms with Gasteiger partial charge in [0.1, 0.15) is 0 Å². The molecule has 2 aromatic carbocycles. The lowest BCUT2D eigenvalue weighted by Crippen LogP contribution is -2.28. The number of nitrogens with one attached hydrogen (secondary N) is 1. The summed E-state index contributed by atoms with van der Waals surface area (Å²) >= 11 is 0. The average Bonchev–Trinajstić information content (AvgIpc) is 3.03. The van der Waals surface area contributed by atoms with Crippen molar-refractivity contribution >= 4 is 11.6 Å². The fourth-order valence-corrected chi connectivity index (χ4v) is 2.86. The second kappa shape index (κ2) is 8.77. The zero-order valence-electron chi connectivity index (χ0n) is 17.4. The number of aryl methyl sites for hydroxylation is 1. The molecule has 1 heterocycles. The third-order valence-corrected chi connectivity index (χ3v) is 4.50. The number of hydrogen-bond donors (Lipinski definition) is 1. The molecule has 0 spiro atoms. The van der Waals surface area contributed by atoms with Gasteiger partial charge < -0.3 is 10.1 Å². The number of rotatable bonds is 7. The van der Waals surface area contributed by atoms with Crippen LogP contribution >= 0.6 is 0 Å². The standard InChI is InChI=1S/C22H24N4O4/c1-14(2)13-23-21(27)20-16(4)22(25(24-20)17-11-9-15(3)10-12-17)30-19-8-6-5-7-18(19)26(28)29/h5-12,14H,13H2,1-4H3,(H,23,27). The van der Waals surface area contributed by atoms with Crippen molar-refractivity contribution in [1.29, 1.82) is 0 Å². The normalized spacial score (nSPS) is 10.8. The Morgan fingerprint density at radius 3 is 2.47 bits per heavy atom. The number of carbonyl (C=O) groups excluding carboxylic acids is 1. The van der Waals surface area contributed by atoms with E-state index in [4.69, 9.17) is 4.74 Å². The first-order valence-corrected chi connectivity index (χ1v) is 9.64. The molecule has 0 radical (unpaired) electrons. The number of amides is 1. The highest BCUT2D eigenvalue weighted by Gasteiger charge is 2.25. The SMILES string of the molecule is Cc1ccc(-n2nc(C(=O)NCC(C)C)c(C)c2Oc2ccccc2[N+](=O)[O-])cc1. The molecule has 3 aromatic rings. The molecule has 8 heteroatoms. The molecule has 0 aliphatic rings. The lowest BCUT2D eigenvalue weighted by Gasteiger charge is -2.10. The number of nitro groups is 1. The van der Waals surface area contributed by atoms with Gasteiger partial charge in [0.15, 0.2) is 5.69 Å². The lowest BCUT2D eigenvalue weighted by molar-refractivity contribution is -0.385. The second-order valence-corrected chi connectivity index (χ2v) is 7.46. The number of hydrogen-bond acceptors (Lipinski definition) is 5. The van der Waals surface area contributed by atoms with Crippen molar-refractivity contribution in [3.05, 3.63) is 75.5 Å². The molecule has 1 amide bonds. The van der Waals surface area contributed by atoms with Crippen LogP contribution in [0.15, 0.2) is 48.5 Å². The Kier molecular flexibility index (Phi) is 6.15. The largest absolute Gasteiger partial charge is 0.431 e. The van der Waals surface area contributed by atoms with Crippen molar-refractivity contribution in [2.24, 2.45) is 5.92 Å². The van der Waals surface area contributed by atoms with Crippen LogP contribution in [0.3, 0.4) is 0 Å². The number of carbonyl (C=O) groups is 1. The van der Waals surface area contributed by atoms with Crippen molar-refractivity contribution < 1.29 is 14.5 Å². The van der Waals surface area contributed by atoms with E-state index in [9.17, 15) is 14.9 Å². The monoisotopic (exact) mass is 408 g/mol. The van der Waals surface area contributed by atoms with Crippen molar-refractivity contribution in [1.82, 2.24) is 15.1 Å². The molecule has 0 aliphatic carbocycles. The zero-order valence-corrected chi connectivity index (χ0v) is 17.4. The maximum absolute atomic E-state index is 12.7. The van der Waals surface area contributed by atoms with Gasteiger partial charge in [0.2, 0.25) is 11.6 Å². The van der Waals surface area contributed by atoms with E-state index < -0.39 is 4.92 Å². The Morgan fingerprint density at radius 2 is 1.83 bits per heavy atom. The molecule has 1 N–H and O–H groups in total. The minimum atomic E-state index is -0.506. The first-order chi connectivity index (χ1) is 14.3. The number of aromatic nitrogens is 2. The molecule has 156 valence electrons. The van der Waals surface area contributed by atoms with Gasteiger partial charge in [-0.25, -0.2) is 0 Å². The first-order valence-electron chi connectivity index (χ1n) is 9.64. The van der Waals surface area contributed by atoms with E-state index in [0.717, 1.165) is 5.56 Å². The van der Waals surface area contributed by atoms with Crippen LogP contribution in [0.25, 0.3) is 5.69 Å². The zero-order chi connectivity index (χ0) is 21.8.